The summed E-state index contributed by atoms with van der Waals surface area (Å²) in [6, 6.07) is 90.7. The van der Waals surface area contributed by atoms with Gasteiger partial charge in [-0.1, -0.05) is 138 Å². The number of methoxy groups -OCH3 is 1. The van der Waals surface area contributed by atoms with Gasteiger partial charge in [-0.15, -0.1) is 0 Å². The van der Waals surface area contributed by atoms with Crippen LogP contribution in [0.2, 0.25) is 10.0 Å². The predicted molar refractivity (Wildman–Crippen MR) is 498 cm³/mol. The molecule has 0 heterocycles. The Morgan fingerprint density at radius 3 is 0.928 bits per heavy atom. The summed E-state index contributed by atoms with van der Waals surface area (Å²) in [7, 11) is 1.48. The van der Waals surface area contributed by atoms with E-state index in [9.17, 15) is 58.8 Å². The SMILES string of the molecule is COc1cc(C(=O)Nc2ccccc2)ccc1NC(=O)c1ccc2c(C)c(O)ccc2c1.Cc1c(O)ccc2cc(C(=O)Nc3ccc(C(=O)Nc4ccccc4)c(Cl)c3)ccc12.Cc1c(O)ccc2cc(C(=O)Nc3ccc(C(=O)Nc4ccccc4Cl)cc3)ccc12.Cc1cc(C(=O)Nc2ccccc2)ccc1NC(=O)c1ccc2c(C)c(O)ccc2c1. The van der Waals surface area contributed by atoms with Crippen LogP contribution in [-0.4, -0.2) is 74.8 Å². The van der Waals surface area contributed by atoms with E-state index in [4.69, 9.17) is 27.9 Å². The Balaban J connectivity index is 0.000000143. The molecule has 0 aliphatic rings. The second-order valence-corrected chi connectivity index (χ2v) is 29.8. The van der Waals surface area contributed by atoms with E-state index >= 15 is 0 Å². The zero-order valence-corrected chi connectivity index (χ0v) is 69.8. The minimum Gasteiger partial charge on any atom is -0.508 e. The number of ether oxygens (including phenoxy) is 1. The first-order valence-electron chi connectivity index (χ1n) is 39.2. The third-order valence-corrected chi connectivity index (χ3v) is 21.3. The lowest BCUT2D eigenvalue weighted by Gasteiger charge is -2.13. The highest BCUT2D eigenvalue weighted by molar-refractivity contribution is 6.35. The number of phenolic OH excluding ortho intramolecular Hbond substituents is 4. The molecule has 21 nitrogen and oxygen atoms in total. The van der Waals surface area contributed by atoms with Gasteiger partial charge in [0.25, 0.3) is 47.3 Å². The van der Waals surface area contributed by atoms with Crippen molar-refractivity contribution in [3.8, 4) is 28.7 Å². The molecule has 23 heteroatoms. The zero-order chi connectivity index (χ0) is 88.5. The fraction of sp³-hybridized carbons (Fsp3) is 0.0588. The average molecular weight is 1700 g/mol. The first-order valence-corrected chi connectivity index (χ1v) is 40.0. The standard InChI is InChI=1S/C26H22N2O4.C26H22N2O3.2C25H19ClN2O3/c1-16-21-11-8-18(14-17(21)10-13-23(16)29)26(31)28-22-12-9-19(15-24(22)32-2)25(30)27-20-6-4-3-5-7-20;1-16-14-19(25(30)27-21-6-4-3-5-7-21)9-12-23(16)28-26(31)20-8-11-22-17(2)24(29)13-10-18(22)15-20;1-15-20-12-8-18(14-17(20)9-13-23(15)29)25(31)27-19-10-6-16(7-11-19)24(30)28-22-5-3-2-4-21(22)26;1-15-20-10-7-17(13-16(20)8-12-23(15)29)24(30)28-19-9-11-21(22(26)14-19)25(31)27-18-5-3-2-4-6-18/h3-15,29H,1-2H3,(H,27,30)(H,28,31);3-15,29H,1-2H3,(H,27,30)(H,28,31);2*2-14,29H,1H3,(H,27,31)(H,28,30). The van der Waals surface area contributed by atoms with E-state index in [0.29, 0.717) is 95.1 Å². The average Bonchev–Trinajstić information content (AvgIpc) is 0.811. The van der Waals surface area contributed by atoms with E-state index in [-0.39, 0.29) is 75.3 Å². The summed E-state index contributed by atoms with van der Waals surface area (Å²) in [6.07, 6.45) is 0. The van der Waals surface area contributed by atoms with Gasteiger partial charge in [0.15, 0.2) is 0 Å². The smallest absolute Gasteiger partial charge is 0.257 e. The maximum atomic E-state index is 12.8. The number of phenols is 4. The minimum atomic E-state index is -0.331. The minimum absolute atomic E-state index is 0.208. The van der Waals surface area contributed by atoms with Gasteiger partial charge in [0.2, 0.25) is 0 Å². The lowest BCUT2D eigenvalue weighted by molar-refractivity contribution is 0.101. The van der Waals surface area contributed by atoms with Crippen LogP contribution < -0.4 is 47.3 Å². The Bertz CT molecular complexity index is 6860. The Morgan fingerprint density at radius 2 is 0.544 bits per heavy atom. The number of aromatic hydroxyl groups is 4. The first-order chi connectivity index (χ1) is 60.2. The number of para-hydroxylation sites is 4. The van der Waals surface area contributed by atoms with Crippen molar-refractivity contribution in [2.24, 2.45) is 0 Å². The highest BCUT2D eigenvalue weighted by Crippen LogP contribution is 2.35. The molecular formula is C102H82Cl2N8O13. The number of hydrogen-bond donors (Lipinski definition) is 12. The fourth-order valence-corrected chi connectivity index (χ4v) is 14.0. The Hall–Kier alpha value is -16.1. The molecule has 0 aliphatic carbocycles. The quantitative estimate of drug-likeness (QED) is 0.0404. The second kappa shape index (κ2) is 39.4. The molecular weight excluding hydrogens is 1620 g/mol. The van der Waals surface area contributed by atoms with Gasteiger partial charge in [0.05, 0.1) is 34.1 Å². The number of carbonyl (C=O) groups is 8. The van der Waals surface area contributed by atoms with Crippen molar-refractivity contribution in [1.29, 1.82) is 0 Å². The lowest BCUT2D eigenvalue weighted by atomic mass is 10.0. The summed E-state index contributed by atoms with van der Waals surface area (Å²) in [5.74, 6) is -0.949. The molecule has 16 aromatic rings. The fourth-order valence-electron chi connectivity index (χ4n) is 13.5. The number of carbonyl (C=O) groups excluding carboxylic acids is 8. The van der Waals surface area contributed by atoms with Crippen LogP contribution in [0.4, 0.5) is 45.5 Å². The molecule has 0 saturated heterocycles. The van der Waals surface area contributed by atoms with E-state index in [1.54, 1.807) is 224 Å². The maximum Gasteiger partial charge on any atom is 0.257 e. The van der Waals surface area contributed by atoms with Crippen molar-refractivity contribution in [3.63, 3.8) is 0 Å². The van der Waals surface area contributed by atoms with Crippen LogP contribution >= 0.6 is 23.2 Å². The molecule has 0 unspecified atom stereocenters. The van der Waals surface area contributed by atoms with E-state index in [1.807, 2.05) is 126 Å². The van der Waals surface area contributed by atoms with Crippen LogP contribution in [0, 0.1) is 34.6 Å². The molecule has 0 bridgehead atoms. The monoisotopic (exact) mass is 1700 g/mol. The number of benzene rings is 16. The Kier molecular flexibility index (Phi) is 27.3. The van der Waals surface area contributed by atoms with Gasteiger partial charge in [-0.2, -0.15) is 0 Å². The number of fused-ring (bicyclic) bond motifs is 4. The number of rotatable bonds is 17. The molecule has 0 atom stereocenters. The van der Waals surface area contributed by atoms with E-state index in [2.05, 4.69) is 42.5 Å². The van der Waals surface area contributed by atoms with Crippen LogP contribution in [0.5, 0.6) is 28.7 Å². The lowest BCUT2D eigenvalue weighted by Crippen LogP contribution is -2.15. The van der Waals surface area contributed by atoms with Crippen molar-refractivity contribution in [1.82, 2.24) is 0 Å². The topological polar surface area (TPSA) is 323 Å². The Labute approximate surface area is 729 Å². The van der Waals surface area contributed by atoms with Gasteiger partial charge in [0.1, 0.15) is 28.7 Å². The number of anilines is 8. The van der Waals surface area contributed by atoms with E-state index in [1.165, 1.54) is 7.11 Å². The van der Waals surface area contributed by atoms with Gasteiger partial charge in [-0.05, 0) is 306 Å². The third-order valence-electron chi connectivity index (χ3n) is 20.6. The number of aryl methyl sites for hydroxylation is 5. The number of hydrogen-bond acceptors (Lipinski definition) is 13. The summed E-state index contributed by atoms with van der Waals surface area (Å²) in [5.41, 5.74) is 12.3. The summed E-state index contributed by atoms with van der Waals surface area (Å²) in [6.45, 7) is 9.19. The van der Waals surface area contributed by atoms with Gasteiger partial charge in [-0.25, -0.2) is 0 Å². The molecule has 125 heavy (non-hydrogen) atoms. The molecule has 16 aromatic carbocycles. The highest BCUT2D eigenvalue weighted by Gasteiger charge is 2.20. The van der Waals surface area contributed by atoms with Crippen molar-refractivity contribution < 1.29 is 63.5 Å². The summed E-state index contributed by atoms with van der Waals surface area (Å²) in [5, 5.41) is 69.7. The maximum absolute atomic E-state index is 12.8. The van der Waals surface area contributed by atoms with Crippen LogP contribution in [-0.2, 0) is 0 Å². The third kappa shape index (κ3) is 21.4. The molecule has 0 saturated carbocycles. The molecule has 0 radical (unpaired) electrons. The summed E-state index contributed by atoms with van der Waals surface area (Å²) < 4.78 is 5.40. The molecule has 0 spiro atoms. The van der Waals surface area contributed by atoms with Gasteiger partial charge >= 0.3 is 0 Å². The zero-order valence-electron chi connectivity index (χ0n) is 68.2. The van der Waals surface area contributed by atoms with Gasteiger partial charge in [0, 0.05) is 73.1 Å². The number of amides is 8. The van der Waals surface area contributed by atoms with E-state index in [0.717, 1.165) is 76.6 Å². The van der Waals surface area contributed by atoms with Crippen molar-refractivity contribution in [2.75, 3.05) is 49.6 Å². The van der Waals surface area contributed by atoms with Crippen LogP contribution in [0.25, 0.3) is 43.1 Å². The largest absolute Gasteiger partial charge is 0.508 e. The molecule has 8 amide bonds. The predicted octanol–water partition coefficient (Wildman–Crippen LogP) is 23.1. The molecule has 0 aliphatic heterocycles. The summed E-state index contributed by atoms with van der Waals surface area (Å²) >= 11 is 12.4. The molecule has 12 N–H and O–H groups in total. The molecule has 622 valence electrons. The van der Waals surface area contributed by atoms with Crippen LogP contribution in [0.15, 0.2) is 315 Å². The normalized spacial score (nSPS) is 10.6. The molecule has 0 fully saturated rings. The van der Waals surface area contributed by atoms with Crippen molar-refractivity contribution in [3.05, 3.63) is 398 Å². The van der Waals surface area contributed by atoms with Crippen molar-refractivity contribution >= 4 is 159 Å². The van der Waals surface area contributed by atoms with Gasteiger partial charge < -0.3 is 67.7 Å². The molecule has 0 aromatic heterocycles. The molecule has 16 rings (SSSR count). The number of nitrogens with one attached hydrogen (secondary N) is 8. The highest BCUT2D eigenvalue weighted by atomic mass is 35.5. The van der Waals surface area contributed by atoms with Crippen LogP contribution in [0.1, 0.15) is 111 Å². The van der Waals surface area contributed by atoms with Crippen LogP contribution in [0.3, 0.4) is 0 Å². The second-order valence-electron chi connectivity index (χ2n) is 29.0. The number of halogens is 2. The first kappa shape index (κ1) is 86.7. The van der Waals surface area contributed by atoms with Gasteiger partial charge in [-0.3, -0.25) is 38.4 Å². The van der Waals surface area contributed by atoms with E-state index < -0.39 is 0 Å². The van der Waals surface area contributed by atoms with Crippen molar-refractivity contribution in [2.45, 2.75) is 34.6 Å². The summed E-state index contributed by atoms with van der Waals surface area (Å²) in [4.78, 5) is 101. The Morgan fingerprint density at radius 1 is 0.248 bits per heavy atom.